The molecule has 0 unspecified atom stereocenters. The number of nitrogens with one attached hydrogen (secondary N) is 2. The second kappa shape index (κ2) is 5.72. The molecule has 0 aliphatic carbocycles. The molecule has 0 amide bonds. The van der Waals surface area contributed by atoms with Gasteiger partial charge < -0.3 is 4.98 Å². The zero-order chi connectivity index (χ0) is 12.8. The Labute approximate surface area is 103 Å². The zero-order valence-corrected chi connectivity index (χ0v) is 9.97. The van der Waals surface area contributed by atoms with Crippen molar-refractivity contribution in [3.8, 4) is 6.07 Å². The third kappa shape index (κ3) is 2.86. The van der Waals surface area contributed by atoms with E-state index in [2.05, 4.69) is 21.5 Å². The van der Waals surface area contributed by atoms with Gasteiger partial charge in [0.05, 0.1) is 5.69 Å². The molecule has 0 fully saturated rings. The smallest absolute Gasteiger partial charge is 0.270 e. The number of rotatable bonds is 3. The molecule has 1 heterocycles. The van der Waals surface area contributed by atoms with Crippen molar-refractivity contribution in [2.24, 2.45) is 4.99 Å². The van der Waals surface area contributed by atoms with Crippen LogP contribution in [0.5, 0.6) is 0 Å². The molecule has 0 atom stereocenters. The highest BCUT2D eigenvalue weighted by molar-refractivity contribution is 7.71. The molecule has 1 aromatic rings. The highest BCUT2D eigenvalue weighted by Crippen LogP contribution is 2.13. The van der Waals surface area contributed by atoms with Gasteiger partial charge in [-0.15, -0.1) is 0 Å². The first-order valence-corrected chi connectivity index (χ1v) is 5.06. The highest BCUT2D eigenvalue weighted by Gasteiger charge is 2.09. The summed E-state index contributed by atoms with van der Waals surface area (Å²) in [5.74, 6) is 0. The van der Waals surface area contributed by atoms with E-state index in [1.807, 2.05) is 6.07 Å². The third-order valence-corrected chi connectivity index (χ3v) is 2.17. The summed E-state index contributed by atoms with van der Waals surface area (Å²) in [4.78, 5) is 20.4. The van der Waals surface area contributed by atoms with E-state index in [1.54, 1.807) is 13.1 Å². The predicted molar refractivity (Wildman–Crippen MR) is 69.6 cm³/mol. The van der Waals surface area contributed by atoms with E-state index in [-0.39, 0.29) is 10.3 Å². The van der Waals surface area contributed by atoms with Crippen molar-refractivity contribution >= 4 is 24.0 Å². The number of aromatic amines is 2. The van der Waals surface area contributed by atoms with Crippen molar-refractivity contribution in [1.29, 1.82) is 5.26 Å². The quantitative estimate of drug-likeness (QED) is 0.482. The minimum absolute atomic E-state index is 0.0331. The summed E-state index contributed by atoms with van der Waals surface area (Å²) in [7, 11) is 1.61. The molecule has 2 N–H and O–H groups in total. The maximum Gasteiger partial charge on any atom is 0.270 e. The van der Waals surface area contributed by atoms with E-state index in [4.69, 9.17) is 17.5 Å². The van der Waals surface area contributed by atoms with E-state index in [9.17, 15) is 4.79 Å². The molecule has 17 heavy (non-hydrogen) atoms. The topological polar surface area (TPSA) is 84.8 Å². The lowest BCUT2D eigenvalue weighted by Crippen LogP contribution is -2.15. The summed E-state index contributed by atoms with van der Waals surface area (Å²) in [6.07, 6.45) is 4.69. The van der Waals surface area contributed by atoms with Crippen molar-refractivity contribution < 1.29 is 0 Å². The monoisotopic (exact) mass is 246 g/mol. The first-order valence-electron chi connectivity index (χ1n) is 4.66. The lowest BCUT2D eigenvalue weighted by Gasteiger charge is -2.03. The van der Waals surface area contributed by atoms with E-state index >= 15 is 0 Å². The zero-order valence-electron chi connectivity index (χ0n) is 9.15. The molecule has 0 bridgehead atoms. The molecule has 86 valence electrons. The molecule has 0 spiro atoms. The molecule has 0 saturated heterocycles. The summed E-state index contributed by atoms with van der Waals surface area (Å²) >= 11 is 4.86. The van der Waals surface area contributed by atoms with Gasteiger partial charge in [0.15, 0.2) is 4.77 Å². The van der Waals surface area contributed by atoms with Crippen LogP contribution in [-0.2, 0) is 0 Å². The summed E-state index contributed by atoms with van der Waals surface area (Å²) in [6.45, 7) is 3.62. The van der Waals surface area contributed by atoms with Gasteiger partial charge in [0.2, 0.25) is 0 Å². The maximum atomic E-state index is 11.5. The van der Waals surface area contributed by atoms with Crippen LogP contribution in [0.2, 0.25) is 0 Å². The number of nitriles is 1. The number of aromatic nitrogens is 2. The molecule has 0 saturated carbocycles. The second-order valence-corrected chi connectivity index (χ2v) is 3.41. The van der Waals surface area contributed by atoms with E-state index in [0.717, 1.165) is 0 Å². The molecule has 0 aromatic carbocycles. The lowest BCUT2D eigenvalue weighted by molar-refractivity contribution is 1.05. The molecular formula is C11H10N4OS. The van der Waals surface area contributed by atoms with Gasteiger partial charge in [-0.05, 0) is 18.3 Å². The first kappa shape index (κ1) is 12.8. The SMILES string of the molecule is C=C/C(=C\C=NC)c1[nH]c(=S)[nH]c(=O)c1C#N. The normalized spacial score (nSPS) is 11.4. The fourth-order valence-electron chi connectivity index (χ4n) is 1.22. The van der Waals surface area contributed by atoms with Crippen LogP contribution in [0.4, 0.5) is 0 Å². The minimum atomic E-state index is -0.521. The van der Waals surface area contributed by atoms with Gasteiger partial charge in [-0.3, -0.25) is 14.8 Å². The average molecular weight is 246 g/mol. The van der Waals surface area contributed by atoms with Crippen LogP contribution in [0, 0.1) is 16.1 Å². The van der Waals surface area contributed by atoms with Crippen LogP contribution in [-0.4, -0.2) is 23.2 Å². The Bertz CT molecular complexity index is 643. The fourth-order valence-corrected chi connectivity index (χ4v) is 1.41. The van der Waals surface area contributed by atoms with E-state index in [1.165, 1.54) is 12.3 Å². The van der Waals surface area contributed by atoms with Crippen molar-refractivity contribution in [3.05, 3.63) is 45.1 Å². The van der Waals surface area contributed by atoms with Crippen molar-refractivity contribution in [2.45, 2.75) is 0 Å². The standard InChI is InChI=1S/C11H10N4OS/c1-3-7(4-5-13-2)9-8(6-12)10(16)15-11(17)14-9/h3-5H,1H2,2H3,(H2,14,15,16,17)/b7-4+,13-5?. The van der Waals surface area contributed by atoms with Gasteiger partial charge in [0.25, 0.3) is 5.56 Å². The van der Waals surface area contributed by atoms with Crippen LogP contribution in [0.3, 0.4) is 0 Å². The molecule has 1 aromatic heterocycles. The molecule has 0 radical (unpaired) electrons. The van der Waals surface area contributed by atoms with Crippen molar-refractivity contribution in [2.75, 3.05) is 7.05 Å². The number of H-pyrrole nitrogens is 2. The van der Waals surface area contributed by atoms with Gasteiger partial charge in [-0.1, -0.05) is 12.7 Å². The Kier molecular flexibility index (Phi) is 4.31. The molecule has 0 aliphatic heterocycles. The molecule has 6 heteroatoms. The van der Waals surface area contributed by atoms with Gasteiger partial charge in [-0.2, -0.15) is 5.26 Å². The number of aliphatic imine (C=N–C) groups is 1. The van der Waals surface area contributed by atoms with Crippen LogP contribution in [0.15, 0.2) is 28.5 Å². The number of hydrogen-bond donors (Lipinski definition) is 2. The summed E-state index contributed by atoms with van der Waals surface area (Å²) in [5, 5.41) is 8.94. The molecular weight excluding hydrogens is 236 g/mol. The van der Waals surface area contributed by atoms with Crippen LogP contribution >= 0.6 is 12.2 Å². The van der Waals surface area contributed by atoms with Crippen LogP contribution in [0.25, 0.3) is 5.57 Å². The Morgan fingerprint density at radius 2 is 2.29 bits per heavy atom. The molecule has 5 nitrogen and oxygen atoms in total. The minimum Gasteiger partial charge on any atom is -0.331 e. The van der Waals surface area contributed by atoms with Crippen molar-refractivity contribution in [1.82, 2.24) is 9.97 Å². The van der Waals surface area contributed by atoms with Crippen molar-refractivity contribution in [3.63, 3.8) is 0 Å². The highest BCUT2D eigenvalue weighted by atomic mass is 32.1. The Balaban J connectivity index is 3.60. The van der Waals surface area contributed by atoms with Gasteiger partial charge in [0, 0.05) is 18.8 Å². The Morgan fingerprint density at radius 1 is 1.59 bits per heavy atom. The Morgan fingerprint density at radius 3 is 2.82 bits per heavy atom. The van der Waals surface area contributed by atoms with Gasteiger partial charge in [0.1, 0.15) is 11.6 Å². The second-order valence-electron chi connectivity index (χ2n) is 3.00. The van der Waals surface area contributed by atoms with E-state index < -0.39 is 5.56 Å². The molecule has 0 aliphatic rings. The summed E-state index contributed by atoms with van der Waals surface area (Å²) < 4.78 is 0.158. The number of nitrogens with zero attached hydrogens (tertiary/aromatic N) is 2. The van der Waals surface area contributed by atoms with E-state index in [0.29, 0.717) is 11.3 Å². The lowest BCUT2D eigenvalue weighted by atomic mass is 10.1. The molecule has 1 rings (SSSR count). The predicted octanol–water partition coefficient (Wildman–Crippen LogP) is 1.57. The van der Waals surface area contributed by atoms with Crippen LogP contribution < -0.4 is 5.56 Å². The van der Waals surface area contributed by atoms with Gasteiger partial charge in [-0.25, -0.2) is 0 Å². The fraction of sp³-hybridized carbons (Fsp3) is 0.0909. The Hall–Kier alpha value is -2.26. The largest absolute Gasteiger partial charge is 0.331 e. The third-order valence-electron chi connectivity index (χ3n) is 1.97. The average Bonchev–Trinajstić information content (AvgIpc) is 2.29. The maximum absolute atomic E-state index is 11.5. The number of allylic oxidation sites excluding steroid dienone is 3. The first-order chi connectivity index (χ1) is 8.13. The number of hydrogen-bond acceptors (Lipinski definition) is 4. The van der Waals surface area contributed by atoms with Gasteiger partial charge >= 0.3 is 0 Å². The summed E-state index contributed by atoms with van der Waals surface area (Å²) in [5.41, 5.74) is 0.363. The summed E-state index contributed by atoms with van der Waals surface area (Å²) in [6, 6.07) is 1.83. The van der Waals surface area contributed by atoms with Crippen LogP contribution in [0.1, 0.15) is 11.3 Å².